The van der Waals surface area contributed by atoms with Gasteiger partial charge in [0.1, 0.15) is 0 Å². The lowest BCUT2D eigenvalue weighted by Gasteiger charge is -2.03. The zero-order chi connectivity index (χ0) is 14.0. The van der Waals surface area contributed by atoms with Crippen LogP contribution in [0.4, 0.5) is 0 Å². The van der Waals surface area contributed by atoms with Gasteiger partial charge in [-0.15, -0.1) is 0 Å². The van der Waals surface area contributed by atoms with Crippen LogP contribution in [0.5, 0.6) is 0 Å². The Morgan fingerprint density at radius 3 is 1.45 bits per heavy atom. The molecule has 0 amide bonds. The van der Waals surface area contributed by atoms with E-state index in [4.69, 9.17) is 5.11 Å². The summed E-state index contributed by atoms with van der Waals surface area (Å²) in [4.78, 5) is 0. The molecule has 0 saturated carbocycles. The summed E-state index contributed by atoms with van der Waals surface area (Å²) >= 11 is 0. The first-order chi connectivity index (χ1) is 9.41. The van der Waals surface area contributed by atoms with Crippen LogP contribution in [-0.4, -0.2) is 30.3 Å². The molecule has 0 aromatic rings. The van der Waals surface area contributed by atoms with Crippen LogP contribution in [0.15, 0.2) is 0 Å². The Hall–Kier alpha value is -0.120. The number of aliphatic hydroxyl groups is 1. The Labute approximate surface area is 126 Å². The Morgan fingerprint density at radius 2 is 1.00 bits per heavy atom. The summed E-state index contributed by atoms with van der Waals surface area (Å²) in [7, 11) is 0. The zero-order valence-electron chi connectivity index (χ0n) is 13.8. The molecule has 3 heteroatoms. The van der Waals surface area contributed by atoms with Gasteiger partial charge in [-0.25, -0.2) is 0 Å². The van der Waals surface area contributed by atoms with Gasteiger partial charge in [0, 0.05) is 6.61 Å². The van der Waals surface area contributed by atoms with E-state index >= 15 is 0 Å². The van der Waals surface area contributed by atoms with E-state index < -0.39 is 0 Å². The van der Waals surface area contributed by atoms with E-state index in [1.54, 1.807) is 0 Å². The average molecular weight is 290 g/mol. The largest absolute Gasteiger partial charge is 0.870 e. The van der Waals surface area contributed by atoms with Crippen molar-refractivity contribution < 1.29 is 15.9 Å². The molecular weight excluding hydrogens is 250 g/mol. The van der Waals surface area contributed by atoms with E-state index in [-0.39, 0.29) is 5.48 Å². The van der Waals surface area contributed by atoms with E-state index in [9.17, 15) is 0 Å². The molecule has 3 nitrogen and oxygen atoms in total. The number of hydrogen-bond donors (Lipinski definition) is 2. The molecule has 0 rings (SSSR count). The molecule has 0 aliphatic heterocycles. The second-order valence-corrected chi connectivity index (χ2v) is 5.83. The summed E-state index contributed by atoms with van der Waals surface area (Å²) in [6.45, 7) is 5.11. The lowest BCUT2D eigenvalue weighted by Crippen LogP contribution is -2.84. The molecule has 0 fully saturated rings. The van der Waals surface area contributed by atoms with E-state index in [2.05, 4.69) is 12.2 Å². The van der Waals surface area contributed by atoms with Crippen LogP contribution < -0.4 is 5.32 Å². The van der Waals surface area contributed by atoms with Gasteiger partial charge < -0.3 is 15.9 Å². The van der Waals surface area contributed by atoms with Crippen molar-refractivity contribution in [2.75, 3.05) is 19.7 Å². The smallest absolute Gasteiger partial charge is 0.0756 e. The highest BCUT2D eigenvalue weighted by molar-refractivity contribution is 4.47. The van der Waals surface area contributed by atoms with Gasteiger partial charge in [0.25, 0.3) is 0 Å². The number of hydrogen-bond acceptors (Lipinski definition) is 2. The monoisotopic (exact) mass is 289 g/mol. The Morgan fingerprint density at radius 1 is 0.600 bits per heavy atom. The first kappa shape index (κ1) is 22.2. The van der Waals surface area contributed by atoms with Gasteiger partial charge in [-0.2, -0.15) is 0 Å². The van der Waals surface area contributed by atoms with Gasteiger partial charge in [0.05, 0.1) is 13.1 Å². The summed E-state index contributed by atoms with van der Waals surface area (Å²) in [5.41, 5.74) is 0. The summed E-state index contributed by atoms with van der Waals surface area (Å²) in [6, 6.07) is 0. The van der Waals surface area contributed by atoms with E-state index in [0.29, 0.717) is 6.61 Å². The molecule has 0 atom stereocenters. The first-order valence-electron chi connectivity index (χ1n) is 8.84. The maximum atomic E-state index is 8.66. The number of aliphatic hydroxyl groups excluding tert-OH is 1. The van der Waals surface area contributed by atoms with Crippen molar-refractivity contribution in [2.45, 2.75) is 90.4 Å². The van der Waals surface area contributed by atoms with Crippen molar-refractivity contribution in [3.8, 4) is 0 Å². The molecule has 0 heterocycles. The second kappa shape index (κ2) is 21.2. The molecule has 124 valence electrons. The predicted octanol–water partition coefficient (Wildman–Crippen LogP) is 3.46. The molecule has 20 heavy (non-hydrogen) atoms. The Balaban J connectivity index is 0. The van der Waals surface area contributed by atoms with Gasteiger partial charge in [0.2, 0.25) is 0 Å². The Kier molecular flexibility index (Phi) is 23.5. The van der Waals surface area contributed by atoms with Crippen molar-refractivity contribution in [1.29, 1.82) is 0 Å². The standard InChI is InChI=1S/C17H37NO.H2O/c1-2-3-4-5-6-7-8-9-10-11-12-15-18-16-13-14-17-19;/h18-19H,2-17H2,1H3;1H2. The third-order valence-corrected chi connectivity index (χ3v) is 3.83. The molecule has 0 bridgehead atoms. The van der Waals surface area contributed by atoms with Gasteiger partial charge in [-0.3, -0.25) is 0 Å². The lowest BCUT2D eigenvalue weighted by atomic mass is 10.1. The number of nitrogens with two attached hydrogens (primary N) is 1. The highest BCUT2D eigenvalue weighted by Gasteiger charge is 1.94. The fourth-order valence-corrected chi connectivity index (χ4v) is 2.50. The molecule has 0 aromatic carbocycles. The molecule has 0 aliphatic carbocycles. The van der Waals surface area contributed by atoms with Crippen LogP contribution in [0.2, 0.25) is 0 Å². The highest BCUT2D eigenvalue weighted by Crippen LogP contribution is 2.10. The molecule has 0 unspecified atom stereocenters. The molecule has 4 N–H and O–H groups in total. The van der Waals surface area contributed by atoms with Gasteiger partial charge in [0.15, 0.2) is 0 Å². The Bertz CT molecular complexity index is 138. The summed E-state index contributed by atoms with van der Waals surface area (Å²) in [5.74, 6) is 0. The van der Waals surface area contributed by atoms with Crippen LogP contribution in [0.1, 0.15) is 90.4 Å². The van der Waals surface area contributed by atoms with Crippen molar-refractivity contribution in [3.05, 3.63) is 0 Å². The molecular formula is C17H39NO2. The van der Waals surface area contributed by atoms with E-state index in [0.717, 1.165) is 12.8 Å². The number of rotatable bonds is 16. The minimum absolute atomic E-state index is 0. The maximum Gasteiger partial charge on any atom is 0.0756 e. The van der Waals surface area contributed by atoms with Gasteiger partial charge in [-0.1, -0.05) is 64.7 Å². The average Bonchev–Trinajstić information content (AvgIpc) is 2.43. The van der Waals surface area contributed by atoms with Crippen LogP contribution >= 0.6 is 0 Å². The summed E-state index contributed by atoms with van der Waals surface area (Å²) in [5, 5.41) is 11.1. The SMILES string of the molecule is CCCCCCCCCCCCC[NH2+]CCCCO.[OH-]. The first-order valence-corrected chi connectivity index (χ1v) is 8.84. The molecule has 0 spiro atoms. The minimum atomic E-state index is 0. The fraction of sp³-hybridized carbons (Fsp3) is 1.00. The topological polar surface area (TPSA) is 66.8 Å². The normalized spacial score (nSPS) is 10.5. The highest BCUT2D eigenvalue weighted by atomic mass is 16.2. The maximum absolute atomic E-state index is 8.66. The van der Waals surface area contributed by atoms with Crippen molar-refractivity contribution in [2.24, 2.45) is 0 Å². The molecule has 0 saturated heterocycles. The van der Waals surface area contributed by atoms with Crippen molar-refractivity contribution >= 4 is 0 Å². The quantitative estimate of drug-likeness (QED) is 0.427. The fourth-order valence-electron chi connectivity index (χ4n) is 2.50. The van der Waals surface area contributed by atoms with Crippen molar-refractivity contribution in [1.82, 2.24) is 0 Å². The van der Waals surface area contributed by atoms with Gasteiger partial charge in [-0.05, 0) is 25.7 Å². The van der Waals surface area contributed by atoms with Gasteiger partial charge >= 0.3 is 0 Å². The van der Waals surface area contributed by atoms with Crippen molar-refractivity contribution in [3.63, 3.8) is 0 Å². The minimum Gasteiger partial charge on any atom is -0.870 e. The molecule has 0 aromatic heterocycles. The predicted molar refractivity (Wildman–Crippen MR) is 86.4 cm³/mol. The van der Waals surface area contributed by atoms with Crippen LogP contribution in [-0.2, 0) is 0 Å². The van der Waals surface area contributed by atoms with E-state index in [1.807, 2.05) is 0 Å². The summed E-state index contributed by atoms with van der Waals surface area (Å²) < 4.78 is 0. The third kappa shape index (κ3) is 20.2. The second-order valence-electron chi connectivity index (χ2n) is 5.83. The van der Waals surface area contributed by atoms with Crippen LogP contribution in [0.25, 0.3) is 0 Å². The van der Waals surface area contributed by atoms with Crippen LogP contribution in [0, 0.1) is 0 Å². The van der Waals surface area contributed by atoms with E-state index in [1.165, 1.54) is 83.7 Å². The summed E-state index contributed by atoms with van der Waals surface area (Å²) in [6.07, 6.45) is 17.8. The number of quaternary nitrogens is 1. The number of unbranched alkanes of at least 4 members (excludes halogenated alkanes) is 11. The lowest BCUT2D eigenvalue weighted by molar-refractivity contribution is -0.655. The zero-order valence-corrected chi connectivity index (χ0v) is 13.8. The molecule has 0 radical (unpaired) electrons. The van der Waals surface area contributed by atoms with Crippen LogP contribution in [0.3, 0.4) is 0 Å². The third-order valence-electron chi connectivity index (χ3n) is 3.83. The molecule has 0 aliphatic rings.